The lowest BCUT2D eigenvalue weighted by molar-refractivity contribution is 0.112. The van der Waals surface area contributed by atoms with E-state index in [2.05, 4.69) is 0 Å². The molecule has 0 radical (unpaired) electrons. The quantitative estimate of drug-likeness (QED) is 0.724. The molecule has 0 saturated carbocycles. The molecule has 0 heterocycles. The van der Waals surface area contributed by atoms with E-state index in [1.165, 1.54) is 0 Å². The van der Waals surface area contributed by atoms with E-state index in [1.54, 1.807) is 36.4 Å². The molecule has 0 fully saturated rings. The van der Waals surface area contributed by atoms with Crippen LogP contribution in [-0.4, -0.2) is 6.29 Å². The van der Waals surface area contributed by atoms with Gasteiger partial charge in [0.15, 0.2) is 6.29 Å². The molecule has 0 bridgehead atoms. The van der Waals surface area contributed by atoms with Gasteiger partial charge in [-0.15, -0.1) is 0 Å². The first-order chi connectivity index (χ1) is 8.60. The number of aldehydes is 1. The molecule has 92 valence electrons. The third-order valence-electron chi connectivity index (χ3n) is 2.22. The average molecular weight is 302 g/mol. The lowest BCUT2D eigenvalue weighted by atomic mass is 10.2. The minimum absolute atomic E-state index is 0.335. The Bertz CT molecular complexity index is 597. The molecule has 0 N–H and O–H groups in total. The monoisotopic (exact) mass is 300 g/mol. The fraction of sp³-hybridized carbons (Fsp3) is 0. The molecule has 0 atom stereocenters. The molecule has 5 heteroatoms. The number of ether oxygens (including phenoxy) is 1. The topological polar surface area (TPSA) is 26.3 Å². The van der Waals surface area contributed by atoms with Crippen molar-refractivity contribution in [1.82, 2.24) is 0 Å². The van der Waals surface area contributed by atoms with Gasteiger partial charge in [-0.1, -0.05) is 34.8 Å². The molecular weight excluding hydrogens is 294 g/mol. The Balaban J connectivity index is 2.41. The van der Waals surface area contributed by atoms with Crippen LogP contribution in [0.3, 0.4) is 0 Å². The smallest absolute Gasteiger partial charge is 0.153 e. The Hall–Kier alpha value is -1.22. The molecule has 2 aromatic rings. The van der Waals surface area contributed by atoms with E-state index in [1.807, 2.05) is 0 Å². The molecule has 0 aliphatic heterocycles. The summed E-state index contributed by atoms with van der Waals surface area (Å²) in [7, 11) is 0. The summed E-state index contributed by atoms with van der Waals surface area (Å²) < 4.78 is 5.56. The summed E-state index contributed by atoms with van der Waals surface area (Å²) in [6.07, 6.45) is 0.685. The van der Waals surface area contributed by atoms with Crippen LogP contribution in [0.5, 0.6) is 11.5 Å². The number of carbonyl (C=O) groups excluding carboxylic acids is 1. The summed E-state index contributed by atoms with van der Waals surface area (Å²) in [4.78, 5) is 10.9. The van der Waals surface area contributed by atoms with Crippen LogP contribution in [0.2, 0.25) is 15.1 Å². The maximum Gasteiger partial charge on any atom is 0.153 e. The summed E-state index contributed by atoms with van der Waals surface area (Å²) >= 11 is 17.7. The van der Waals surface area contributed by atoms with Crippen molar-refractivity contribution < 1.29 is 9.53 Å². The summed E-state index contributed by atoms with van der Waals surface area (Å²) in [6.45, 7) is 0. The summed E-state index contributed by atoms with van der Waals surface area (Å²) in [5.41, 5.74) is 0.385. The molecule has 0 aliphatic rings. The normalized spacial score (nSPS) is 10.2. The van der Waals surface area contributed by atoms with Gasteiger partial charge in [0.25, 0.3) is 0 Å². The zero-order valence-corrected chi connectivity index (χ0v) is 11.3. The molecular formula is C13H7Cl3O2. The summed E-state index contributed by atoms with van der Waals surface area (Å²) in [5, 5.41) is 1.36. The van der Waals surface area contributed by atoms with Crippen LogP contribution < -0.4 is 4.74 Å². The van der Waals surface area contributed by atoms with Crippen molar-refractivity contribution in [3.63, 3.8) is 0 Å². The van der Waals surface area contributed by atoms with Gasteiger partial charge in [-0.25, -0.2) is 0 Å². The predicted octanol–water partition coefficient (Wildman–Crippen LogP) is 5.25. The van der Waals surface area contributed by atoms with Crippen molar-refractivity contribution in [1.29, 1.82) is 0 Å². The van der Waals surface area contributed by atoms with Crippen molar-refractivity contribution in [3.05, 3.63) is 57.0 Å². The maximum absolute atomic E-state index is 10.9. The maximum atomic E-state index is 10.9. The number of carbonyl (C=O) groups is 1. The highest BCUT2D eigenvalue weighted by Crippen LogP contribution is 2.34. The molecule has 2 nitrogen and oxygen atoms in total. The Kier molecular flexibility index (Phi) is 4.12. The fourth-order valence-corrected chi connectivity index (χ4v) is 1.85. The highest BCUT2D eigenvalue weighted by molar-refractivity contribution is 6.34. The Labute approximate surface area is 119 Å². The minimum atomic E-state index is 0.335. The van der Waals surface area contributed by atoms with E-state index < -0.39 is 0 Å². The van der Waals surface area contributed by atoms with Crippen molar-refractivity contribution in [3.8, 4) is 11.5 Å². The molecule has 0 aliphatic carbocycles. The number of hydrogen-bond donors (Lipinski definition) is 0. The highest BCUT2D eigenvalue weighted by Gasteiger charge is 2.08. The van der Waals surface area contributed by atoms with Gasteiger partial charge < -0.3 is 4.74 Å². The van der Waals surface area contributed by atoms with Gasteiger partial charge in [0.2, 0.25) is 0 Å². The molecule has 2 aromatic carbocycles. The standard InChI is InChI=1S/C13H7Cl3O2/c14-9-2-1-8(7-17)12(5-9)18-13-6-10(15)3-4-11(13)16/h1-7H. The van der Waals surface area contributed by atoms with Crippen molar-refractivity contribution in [2.24, 2.45) is 0 Å². The van der Waals surface area contributed by atoms with Crippen LogP contribution in [0, 0.1) is 0 Å². The van der Waals surface area contributed by atoms with Gasteiger partial charge in [-0.3, -0.25) is 4.79 Å². The lowest BCUT2D eigenvalue weighted by Crippen LogP contribution is -1.91. The molecule has 0 saturated heterocycles. The van der Waals surface area contributed by atoms with Gasteiger partial charge in [0, 0.05) is 22.2 Å². The fourth-order valence-electron chi connectivity index (χ4n) is 1.37. The second-order valence-corrected chi connectivity index (χ2v) is 4.76. The molecule has 0 spiro atoms. The van der Waals surface area contributed by atoms with Crippen LogP contribution in [0.4, 0.5) is 0 Å². The Morgan fingerprint density at radius 2 is 1.50 bits per heavy atom. The average Bonchev–Trinajstić information content (AvgIpc) is 2.34. The third-order valence-corrected chi connectivity index (χ3v) is 3.00. The van der Waals surface area contributed by atoms with E-state index in [4.69, 9.17) is 39.5 Å². The van der Waals surface area contributed by atoms with Gasteiger partial charge in [0.1, 0.15) is 11.5 Å². The van der Waals surface area contributed by atoms with E-state index >= 15 is 0 Å². The molecule has 2 rings (SSSR count). The zero-order valence-electron chi connectivity index (χ0n) is 8.99. The first-order valence-electron chi connectivity index (χ1n) is 4.98. The molecule has 18 heavy (non-hydrogen) atoms. The number of benzene rings is 2. The first-order valence-corrected chi connectivity index (χ1v) is 6.11. The van der Waals surface area contributed by atoms with Crippen molar-refractivity contribution in [2.75, 3.05) is 0 Å². The lowest BCUT2D eigenvalue weighted by Gasteiger charge is -2.10. The Morgan fingerprint density at radius 3 is 2.17 bits per heavy atom. The van der Waals surface area contributed by atoms with Gasteiger partial charge >= 0.3 is 0 Å². The van der Waals surface area contributed by atoms with Crippen LogP contribution in [0.25, 0.3) is 0 Å². The third kappa shape index (κ3) is 2.96. The second-order valence-electron chi connectivity index (χ2n) is 3.48. The number of rotatable bonds is 3. The van der Waals surface area contributed by atoms with Crippen LogP contribution >= 0.6 is 34.8 Å². The van der Waals surface area contributed by atoms with Gasteiger partial charge in [-0.2, -0.15) is 0 Å². The van der Waals surface area contributed by atoms with Crippen LogP contribution in [0.1, 0.15) is 10.4 Å². The van der Waals surface area contributed by atoms with E-state index in [0.717, 1.165) is 0 Å². The first kappa shape index (κ1) is 13.2. The highest BCUT2D eigenvalue weighted by atomic mass is 35.5. The van der Waals surface area contributed by atoms with Crippen molar-refractivity contribution in [2.45, 2.75) is 0 Å². The number of halogens is 3. The molecule has 0 aromatic heterocycles. The second kappa shape index (κ2) is 5.61. The zero-order chi connectivity index (χ0) is 13.1. The van der Waals surface area contributed by atoms with E-state index in [-0.39, 0.29) is 0 Å². The van der Waals surface area contributed by atoms with Gasteiger partial charge in [-0.05, 0) is 24.3 Å². The van der Waals surface area contributed by atoms with Gasteiger partial charge in [0.05, 0.1) is 10.6 Å². The molecule has 0 unspecified atom stereocenters. The number of hydrogen-bond acceptors (Lipinski definition) is 2. The molecule has 0 amide bonds. The summed E-state index contributed by atoms with van der Waals surface area (Å²) in [5.74, 6) is 0.705. The predicted molar refractivity (Wildman–Crippen MR) is 73.4 cm³/mol. The van der Waals surface area contributed by atoms with Crippen LogP contribution in [0.15, 0.2) is 36.4 Å². The minimum Gasteiger partial charge on any atom is -0.455 e. The van der Waals surface area contributed by atoms with E-state index in [9.17, 15) is 4.79 Å². The SMILES string of the molecule is O=Cc1ccc(Cl)cc1Oc1cc(Cl)ccc1Cl. The van der Waals surface area contributed by atoms with Crippen molar-refractivity contribution >= 4 is 41.1 Å². The van der Waals surface area contributed by atoms with E-state index in [0.29, 0.717) is 38.4 Å². The van der Waals surface area contributed by atoms with Crippen LogP contribution in [-0.2, 0) is 0 Å². The summed E-state index contributed by atoms with van der Waals surface area (Å²) in [6, 6.07) is 9.56. The largest absolute Gasteiger partial charge is 0.455 e. The Morgan fingerprint density at radius 1 is 0.889 bits per heavy atom.